The van der Waals surface area contributed by atoms with Crippen molar-refractivity contribution in [1.29, 1.82) is 0 Å². The third-order valence-electron chi connectivity index (χ3n) is 7.15. The molecule has 0 aliphatic carbocycles. The predicted molar refractivity (Wildman–Crippen MR) is 184 cm³/mol. The summed E-state index contributed by atoms with van der Waals surface area (Å²) in [6.07, 6.45) is 2.66. The van der Waals surface area contributed by atoms with Crippen molar-refractivity contribution in [3.8, 4) is 0 Å². The van der Waals surface area contributed by atoms with Gasteiger partial charge in [-0.1, -0.05) is 64.1 Å². The molecular formula is C36H50CaN4O8. The van der Waals surface area contributed by atoms with Gasteiger partial charge in [-0.05, 0) is 75.6 Å². The van der Waals surface area contributed by atoms with Gasteiger partial charge < -0.3 is 40.2 Å². The number of carboxylic acids is 2. The van der Waals surface area contributed by atoms with Crippen molar-refractivity contribution < 1.29 is 39.0 Å². The van der Waals surface area contributed by atoms with Crippen molar-refractivity contribution in [2.24, 2.45) is 0 Å². The Kier molecular flexibility index (Phi) is 24.5. The summed E-state index contributed by atoms with van der Waals surface area (Å²) in [5.74, 6) is -3.74. The monoisotopic (exact) mass is 706 g/mol. The Bertz CT molecular complexity index is 1180. The van der Waals surface area contributed by atoms with E-state index >= 15 is 0 Å². The fourth-order valence-electron chi connectivity index (χ4n) is 4.89. The number of carboxylic acid groups (broad SMARTS) is 2. The Labute approximate surface area is 320 Å². The molecule has 49 heavy (non-hydrogen) atoms. The molecule has 13 heteroatoms. The smallest absolute Gasteiger partial charge is 0.550 e. The second kappa shape index (κ2) is 26.4. The number of amides is 4. The Balaban J connectivity index is 0.000000922. The average molecular weight is 707 g/mol. The molecule has 12 nitrogen and oxygen atoms in total. The van der Waals surface area contributed by atoms with Crippen LogP contribution in [0.5, 0.6) is 0 Å². The molecule has 264 valence electrons. The van der Waals surface area contributed by atoms with Crippen LogP contribution in [0, 0.1) is 0 Å². The number of rotatable bonds is 20. The molecule has 0 saturated heterocycles. The van der Waals surface area contributed by atoms with Crippen LogP contribution in [0.15, 0.2) is 60.7 Å². The van der Waals surface area contributed by atoms with Crippen LogP contribution in [0.3, 0.4) is 0 Å². The topological polar surface area (TPSA) is 179 Å². The van der Waals surface area contributed by atoms with Crippen molar-refractivity contribution >= 4 is 73.3 Å². The second-order valence-corrected chi connectivity index (χ2v) is 11.3. The summed E-state index contributed by atoms with van der Waals surface area (Å²) in [5, 5.41) is 26.8. The Hall–Kier alpha value is -3.48. The number of aliphatic carboxylic acids is 2. The molecule has 2 aromatic carbocycles. The summed E-state index contributed by atoms with van der Waals surface area (Å²) in [7, 11) is 0. The summed E-state index contributed by atoms with van der Waals surface area (Å²) in [6, 6.07) is 15.3. The van der Waals surface area contributed by atoms with E-state index in [4.69, 9.17) is 0 Å². The molecular weight excluding hydrogens is 656 g/mol. The fraction of sp³-hybridized carbons (Fsp3) is 0.500. The molecule has 2 atom stereocenters. The first kappa shape index (κ1) is 45.5. The average Bonchev–Trinajstić information content (AvgIpc) is 3.08. The van der Waals surface area contributed by atoms with Gasteiger partial charge in [0.05, 0.1) is 0 Å². The largest absolute Gasteiger partial charge is 2.00 e. The van der Waals surface area contributed by atoms with Crippen LogP contribution in [0.4, 0.5) is 0 Å². The number of hydrogen-bond acceptors (Lipinski definition) is 8. The van der Waals surface area contributed by atoms with Gasteiger partial charge in [0, 0.05) is 49.2 Å². The first-order valence-corrected chi connectivity index (χ1v) is 16.7. The molecule has 2 rings (SSSR count). The van der Waals surface area contributed by atoms with Crippen molar-refractivity contribution in [2.45, 2.75) is 91.1 Å². The van der Waals surface area contributed by atoms with Crippen molar-refractivity contribution in [2.75, 3.05) is 26.2 Å². The van der Waals surface area contributed by atoms with Gasteiger partial charge in [-0.3, -0.25) is 19.2 Å². The third kappa shape index (κ3) is 18.2. The van der Waals surface area contributed by atoms with Crippen LogP contribution in [-0.4, -0.2) is 121 Å². The van der Waals surface area contributed by atoms with E-state index in [9.17, 15) is 39.0 Å². The van der Waals surface area contributed by atoms with E-state index in [0.29, 0.717) is 37.3 Å². The fourth-order valence-corrected chi connectivity index (χ4v) is 4.89. The normalized spacial score (nSPS) is 11.3. The molecule has 2 aromatic rings. The number of nitrogens with zero attached hydrogens (tertiary/aromatic N) is 2. The van der Waals surface area contributed by atoms with E-state index in [1.54, 1.807) is 70.5 Å². The van der Waals surface area contributed by atoms with Gasteiger partial charge in [-0.15, -0.1) is 0 Å². The number of nitrogens with one attached hydrogen (secondary N) is 2. The van der Waals surface area contributed by atoms with Crippen LogP contribution < -0.4 is 20.8 Å². The van der Waals surface area contributed by atoms with Crippen molar-refractivity contribution in [3.05, 3.63) is 71.8 Å². The minimum Gasteiger partial charge on any atom is -0.550 e. The zero-order chi connectivity index (χ0) is 35.9. The maximum atomic E-state index is 12.7. The molecule has 4 amide bonds. The third-order valence-corrected chi connectivity index (χ3v) is 7.15. The zero-order valence-electron chi connectivity index (χ0n) is 29.3. The van der Waals surface area contributed by atoms with E-state index in [-0.39, 0.29) is 87.1 Å². The number of carbonyl (C=O) groups is 6. The van der Waals surface area contributed by atoms with Gasteiger partial charge in [0.15, 0.2) is 0 Å². The summed E-state index contributed by atoms with van der Waals surface area (Å²) in [5.41, 5.74) is 0.863. The molecule has 0 bridgehead atoms. The minimum atomic E-state index is -1.24. The SMILES string of the molecule is CCCN(CCC)C(=O)C(CCC(=O)[O-])NC(=O)c1ccccc1.CCCN(CCC)C(=O)C(CCC(=O)[O-])NC(=O)c1ccccc1.[Ca+2]. The number of carbonyl (C=O) groups excluding carboxylic acids is 6. The first-order chi connectivity index (χ1) is 23.0. The standard InChI is InChI=1S/2C18H26N2O4.Ca/c2*1-3-12-20(13-4-2)18(24)15(10-11-16(21)22)19-17(23)14-8-6-5-7-9-14;/h2*5-9,15H,3-4,10-13H2,1-2H3,(H,19,23)(H,21,22);/q;;+2/p-2. The van der Waals surface area contributed by atoms with Gasteiger partial charge in [-0.25, -0.2) is 0 Å². The maximum Gasteiger partial charge on any atom is 2.00 e. The van der Waals surface area contributed by atoms with Crippen LogP contribution in [-0.2, 0) is 19.2 Å². The number of benzene rings is 2. The zero-order valence-corrected chi connectivity index (χ0v) is 31.5. The van der Waals surface area contributed by atoms with Crippen molar-refractivity contribution in [3.63, 3.8) is 0 Å². The van der Waals surface area contributed by atoms with E-state index in [1.165, 1.54) is 0 Å². The molecule has 0 spiro atoms. The molecule has 0 saturated carbocycles. The molecule has 0 aromatic heterocycles. The van der Waals surface area contributed by atoms with E-state index in [1.807, 2.05) is 27.7 Å². The molecule has 2 N–H and O–H groups in total. The minimum absolute atomic E-state index is 0. The van der Waals surface area contributed by atoms with E-state index in [2.05, 4.69) is 10.6 Å². The molecule has 0 fully saturated rings. The Morgan fingerprint density at radius 3 is 1.08 bits per heavy atom. The predicted octanol–water partition coefficient (Wildman–Crippen LogP) is 1.55. The Morgan fingerprint density at radius 1 is 0.551 bits per heavy atom. The van der Waals surface area contributed by atoms with Gasteiger partial charge >= 0.3 is 37.7 Å². The summed E-state index contributed by atoms with van der Waals surface area (Å²) < 4.78 is 0. The van der Waals surface area contributed by atoms with Gasteiger partial charge in [0.2, 0.25) is 11.8 Å². The van der Waals surface area contributed by atoms with Gasteiger partial charge in [0.25, 0.3) is 11.8 Å². The summed E-state index contributed by atoms with van der Waals surface area (Å²) in [4.78, 5) is 74.8. The molecule has 0 aliphatic rings. The van der Waals surface area contributed by atoms with Crippen LogP contribution >= 0.6 is 0 Å². The van der Waals surface area contributed by atoms with E-state index in [0.717, 1.165) is 25.7 Å². The number of hydrogen-bond donors (Lipinski definition) is 2. The first-order valence-electron chi connectivity index (χ1n) is 16.7. The van der Waals surface area contributed by atoms with Gasteiger partial charge in [-0.2, -0.15) is 0 Å². The second-order valence-electron chi connectivity index (χ2n) is 11.3. The van der Waals surface area contributed by atoms with Crippen LogP contribution in [0.1, 0.15) is 99.8 Å². The Morgan fingerprint density at radius 2 is 0.837 bits per heavy atom. The van der Waals surface area contributed by atoms with Gasteiger partial charge in [0.1, 0.15) is 12.1 Å². The summed E-state index contributed by atoms with van der Waals surface area (Å²) >= 11 is 0. The summed E-state index contributed by atoms with van der Waals surface area (Å²) in [6.45, 7) is 10.2. The molecule has 0 heterocycles. The molecule has 0 radical (unpaired) electrons. The van der Waals surface area contributed by atoms with E-state index < -0.39 is 24.0 Å². The molecule has 0 aliphatic heterocycles. The maximum absolute atomic E-state index is 12.7. The molecule has 2 unspecified atom stereocenters. The van der Waals surface area contributed by atoms with Crippen LogP contribution in [0.2, 0.25) is 0 Å². The van der Waals surface area contributed by atoms with Crippen LogP contribution in [0.25, 0.3) is 0 Å². The van der Waals surface area contributed by atoms with Crippen molar-refractivity contribution in [1.82, 2.24) is 20.4 Å². The quantitative estimate of drug-likeness (QED) is 0.195.